The van der Waals surface area contributed by atoms with Gasteiger partial charge in [0.25, 0.3) is 0 Å². The van der Waals surface area contributed by atoms with Crippen LogP contribution in [0.5, 0.6) is 0 Å². The summed E-state index contributed by atoms with van der Waals surface area (Å²) in [5, 5.41) is 0. The fourth-order valence-corrected chi connectivity index (χ4v) is 1.13. The third-order valence-corrected chi connectivity index (χ3v) is 1.99. The Kier molecular flexibility index (Phi) is 7.08. The van der Waals surface area contributed by atoms with Gasteiger partial charge >= 0.3 is 0 Å². The van der Waals surface area contributed by atoms with Crippen molar-refractivity contribution in [3.8, 4) is 0 Å². The van der Waals surface area contributed by atoms with Crippen molar-refractivity contribution in [2.45, 2.75) is 18.9 Å². The van der Waals surface area contributed by atoms with Crippen LogP contribution in [0.2, 0.25) is 0 Å². The van der Waals surface area contributed by atoms with Crippen molar-refractivity contribution in [2.75, 3.05) is 19.1 Å². The summed E-state index contributed by atoms with van der Waals surface area (Å²) in [6.07, 6.45) is 4.63. The Labute approximate surface area is 66.3 Å². The summed E-state index contributed by atoms with van der Waals surface area (Å²) in [6.45, 7) is 0. The fraction of sp³-hybridized carbons (Fsp3) is 0.857. The predicted molar refractivity (Wildman–Crippen MR) is 44.5 cm³/mol. The SMILES string of the molecule is COC(C=O)CCCSC. The molecule has 3 heteroatoms. The summed E-state index contributed by atoms with van der Waals surface area (Å²) in [4.78, 5) is 10.2. The van der Waals surface area contributed by atoms with Crippen LogP contribution in [0.25, 0.3) is 0 Å². The molecule has 1 atom stereocenters. The number of methoxy groups -OCH3 is 1. The largest absolute Gasteiger partial charge is 0.374 e. The van der Waals surface area contributed by atoms with Crippen LogP contribution in [0, 0.1) is 0 Å². The van der Waals surface area contributed by atoms with Gasteiger partial charge in [0.1, 0.15) is 12.4 Å². The maximum atomic E-state index is 10.2. The van der Waals surface area contributed by atoms with Crippen LogP contribution in [-0.4, -0.2) is 31.5 Å². The number of carbonyl (C=O) groups is 1. The van der Waals surface area contributed by atoms with Crippen molar-refractivity contribution in [1.82, 2.24) is 0 Å². The molecule has 0 N–H and O–H groups in total. The Morgan fingerprint density at radius 3 is 2.80 bits per heavy atom. The number of ether oxygens (including phenoxy) is 1. The second-order valence-electron chi connectivity index (χ2n) is 2.05. The molecule has 0 saturated heterocycles. The summed E-state index contributed by atoms with van der Waals surface area (Å²) in [5.74, 6) is 1.10. The van der Waals surface area contributed by atoms with E-state index >= 15 is 0 Å². The van der Waals surface area contributed by atoms with E-state index in [1.807, 2.05) is 0 Å². The molecule has 0 aromatic carbocycles. The molecule has 0 saturated carbocycles. The minimum atomic E-state index is -0.188. The highest BCUT2D eigenvalue weighted by atomic mass is 32.2. The van der Waals surface area contributed by atoms with Gasteiger partial charge in [0.05, 0.1) is 0 Å². The lowest BCUT2D eigenvalue weighted by Crippen LogP contribution is -2.11. The summed E-state index contributed by atoms with van der Waals surface area (Å²) < 4.78 is 4.87. The fourth-order valence-electron chi connectivity index (χ4n) is 0.670. The third-order valence-electron chi connectivity index (χ3n) is 1.29. The van der Waals surface area contributed by atoms with Gasteiger partial charge in [0, 0.05) is 7.11 Å². The van der Waals surface area contributed by atoms with Gasteiger partial charge in [-0.15, -0.1) is 0 Å². The highest BCUT2D eigenvalue weighted by Gasteiger charge is 2.02. The van der Waals surface area contributed by atoms with Crippen LogP contribution in [0.15, 0.2) is 0 Å². The van der Waals surface area contributed by atoms with E-state index in [9.17, 15) is 4.79 Å². The molecule has 0 radical (unpaired) electrons. The normalized spacial score (nSPS) is 13.0. The van der Waals surface area contributed by atoms with Crippen molar-refractivity contribution in [1.29, 1.82) is 0 Å². The number of rotatable bonds is 6. The van der Waals surface area contributed by atoms with Gasteiger partial charge < -0.3 is 9.53 Å². The van der Waals surface area contributed by atoms with Gasteiger partial charge in [0.2, 0.25) is 0 Å². The molecule has 0 spiro atoms. The Morgan fingerprint density at radius 1 is 1.70 bits per heavy atom. The Hall–Kier alpha value is -0.0200. The number of aldehydes is 1. The first-order valence-electron chi connectivity index (χ1n) is 3.32. The Morgan fingerprint density at radius 2 is 2.40 bits per heavy atom. The summed E-state index contributed by atoms with van der Waals surface area (Å²) in [5.41, 5.74) is 0. The Bertz CT molecular complexity index is 85.7. The Balaban J connectivity index is 3.17. The predicted octanol–water partition coefficient (Wildman–Crippen LogP) is 1.34. The molecule has 2 nitrogen and oxygen atoms in total. The van der Waals surface area contributed by atoms with E-state index in [2.05, 4.69) is 6.26 Å². The molecular formula is C7H14O2S. The third kappa shape index (κ3) is 4.82. The average molecular weight is 162 g/mol. The highest BCUT2D eigenvalue weighted by Crippen LogP contribution is 2.03. The molecule has 10 heavy (non-hydrogen) atoms. The maximum absolute atomic E-state index is 10.2. The minimum absolute atomic E-state index is 0.188. The van der Waals surface area contributed by atoms with E-state index in [0.717, 1.165) is 24.9 Å². The second kappa shape index (κ2) is 7.09. The average Bonchev–Trinajstić information content (AvgIpc) is 1.99. The molecule has 0 aliphatic rings. The van der Waals surface area contributed by atoms with E-state index in [1.165, 1.54) is 0 Å². The van der Waals surface area contributed by atoms with Crippen molar-refractivity contribution < 1.29 is 9.53 Å². The van der Waals surface area contributed by atoms with E-state index < -0.39 is 0 Å². The molecule has 0 fully saturated rings. The van der Waals surface area contributed by atoms with Crippen molar-refractivity contribution >= 4 is 18.0 Å². The molecule has 0 aliphatic heterocycles. The number of hydrogen-bond donors (Lipinski definition) is 0. The van der Waals surface area contributed by atoms with Gasteiger partial charge in [-0.1, -0.05) is 0 Å². The molecule has 1 unspecified atom stereocenters. The zero-order valence-corrected chi connectivity index (χ0v) is 7.32. The van der Waals surface area contributed by atoms with Crippen molar-refractivity contribution in [2.24, 2.45) is 0 Å². The smallest absolute Gasteiger partial charge is 0.148 e. The van der Waals surface area contributed by atoms with Gasteiger partial charge in [0.15, 0.2) is 0 Å². The lowest BCUT2D eigenvalue weighted by molar-refractivity contribution is -0.116. The van der Waals surface area contributed by atoms with Crippen LogP contribution in [0.3, 0.4) is 0 Å². The van der Waals surface area contributed by atoms with Gasteiger partial charge in [-0.3, -0.25) is 0 Å². The number of thioether (sulfide) groups is 1. The zero-order valence-electron chi connectivity index (χ0n) is 6.50. The minimum Gasteiger partial charge on any atom is -0.374 e. The number of hydrogen-bond acceptors (Lipinski definition) is 3. The van der Waals surface area contributed by atoms with Gasteiger partial charge in [-0.25, -0.2) is 0 Å². The van der Waals surface area contributed by atoms with E-state index in [4.69, 9.17) is 4.74 Å². The lowest BCUT2D eigenvalue weighted by Gasteiger charge is -2.05. The first-order valence-corrected chi connectivity index (χ1v) is 4.71. The zero-order chi connectivity index (χ0) is 7.82. The lowest BCUT2D eigenvalue weighted by atomic mass is 10.2. The summed E-state index contributed by atoms with van der Waals surface area (Å²) >= 11 is 1.79. The van der Waals surface area contributed by atoms with Crippen LogP contribution in [-0.2, 0) is 9.53 Å². The molecule has 0 aromatic heterocycles. The number of carbonyl (C=O) groups excluding carboxylic acids is 1. The highest BCUT2D eigenvalue weighted by molar-refractivity contribution is 7.98. The maximum Gasteiger partial charge on any atom is 0.148 e. The molecule has 0 heterocycles. The van der Waals surface area contributed by atoms with E-state index in [0.29, 0.717) is 0 Å². The van der Waals surface area contributed by atoms with Crippen molar-refractivity contribution in [3.63, 3.8) is 0 Å². The second-order valence-corrected chi connectivity index (χ2v) is 3.03. The summed E-state index contributed by atoms with van der Waals surface area (Å²) in [7, 11) is 1.57. The van der Waals surface area contributed by atoms with E-state index in [1.54, 1.807) is 18.9 Å². The molecule has 0 aromatic rings. The first-order chi connectivity index (χ1) is 4.85. The molecule has 0 aliphatic carbocycles. The first kappa shape index (κ1) is 9.98. The monoisotopic (exact) mass is 162 g/mol. The molecular weight excluding hydrogens is 148 g/mol. The van der Waals surface area contributed by atoms with Crippen molar-refractivity contribution in [3.05, 3.63) is 0 Å². The van der Waals surface area contributed by atoms with Gasteiger partial charge in [-0.2, -0.15) is 11.8 Å². The molecule has 0 bridgehead atoms. The van der Waals surface area contributed by atoms with Crippen LogP contribution in [0.1, 0.15) is 12.8 Å². The molecule has 0 rings (SSSR count). The van der Waals surface area contributed by atoms with Gasteiger partial charge in [-0.05, 0) is 24.9 Å². The van der Waals surface area contributed by atoms with Crippen LogP contribution in [0.4, 0.5) is 0 Å². The van der Waals surface area contributed by atoms with Crippen LogP contribution < -0.4 is 0 Å². The van der Waals surface area contributed by atoms with E-state index in [-0.39, 0.29) is 6.10 Å². The summed E-state index contributed by atoms with van der Waals surface area (Å²) in [6, 6.07) is 0. The van der Waals surface area contributed by atoms with Crippen LogP contribution >= 0.6 is 11.8 Å². The topological polar surface area (TPSA) is 26.3 Å². The molecule has 60 valence electrons. The quantitative estimate of drug-likeness (QED) is 0.435. The standard InChI is InChI=1S/C7H14O2S/c1-9-7(6-8)4-3-5-10-2/h6-7H,3-5H2,1-2H3. The molecule has 0 amide bonds.